The summed E-state index contributed by atoms with van der Waals surface area (Å²) in [5, 5.41) is 13.4. The minimum Gasteiger partial charge on any atom is -0.481 e. The van der Waals surface area contributed by atoms with E-state index in [2.05, 4.69) is 31.4 Å². The van der Waals surface area contributed by atoms with Crippen molar-refractivity contribution >= 4 is 17.9 Å². The number of carbonyl (C=O) groups excluding carboxylic acids is 2. The Morgan fingerprint density at radius 2 is 1.71 bits per heavy atom. The van der Waals surface area contributed by atoms with Gasteiger partial charge in [-0.15, -0.1) is 0 Å². The average molecular weight is 300 g/mol. The second-order valence-electron chi connectivity index (χ2n) is 6.10. The molecule has 0 rings (SSSR count). The van der Waals surface area contributed by atoms with Gasteiger partial charge in [0.25, 0.3) is 0 Å². The lowest BCUT2D eigenvalue weighted by Crippen LogP contribution is -2.43. The molecule has 122 valence electrons. The topological polar surface area (TPSA) is 95.5 Å². The lowest BCUT2D eigenvalue weighted by molar-refractivity contribution is -0.137. The average Bonchev–Trinajstić information content (AvgIpc) is 2.36. The van der Waals surface area contributed by atoms with Gasteiger partial charge in [-0.1, -0.05) is 40.0 Å². The number of carboxylic acids is 1. The molecular formula is C15H28N2O4. The van der Waals surface area contributed by atoms with Crippen LogP contribution in [0.25, 0.3) is 0 Å². The zero-order chi connectivity index (χ0) is 16.3. The molecule has 0 aliphatic carbocycles. The third-order valence-corrected chi connectivity index (χ3v) is 3.23. The summed E-state index contributed by atoms with van der Waals surface area (Å²) in [5.74, 6) is -1.39. The fourth-order valence-corrected chi connectivity index (χ4v) is 1.89. The molecular weight excluding hydrogens is 272 g/mol. The SMILES string of the molecule is CCCCCC(C)(C)CNC(=O)NC(=O)CCCC(=O)O. The predicted molar refractivity (Wildman–Crippen MR) is 81.0 cm³/mol. The van der Waals surface area contributed by atoms with E-state index in [1.165, 1.54) is 6.42 Å². The van der Waals surface area contributed by atoms with Gasteiger partial charge in [-0.2, -0.15) is 0 Å². The van der Waals surface area contributed by atoms with E-state index in [0.717, 1.165) is 19.3 Å². The van der Waals surface area contributed by atoms with E-state index in [4.69, 9.17) is 5.11 Å². The Kier molecular flexibility index (Phi) is 9.41. The highest BCUT2D eigenvalue weighted by atomic mass is 16.4. The number of unbranched alkanes of at least 4 members (excludes halogenated alkanes) is 2. The highest BCUT2D eigenvalue weighted by Crippen LogP contribution is 2.22. The number of urea groups is 1. The quantitative estimate of drug-likeness (QED) is 0.540. The van der Waals surface area contributed by atoms with Crippen molar-refractivity contribution in [3.8, 4) is 0 Å². The highest BCUT2D eigenvalue weighted by Gasteiger charge is 2.18. The number of aliphatic carboxylic acids is 1. The second-order valence-corrected chi connectivity index (χ2v) is 6.10. The van der Waals surface area contributed by atoms with Crippen molar-refractivity contribution in [1.29, 1.82) is 0 Å². The smallest absolute Gasteiger partial charge is 0.321 e. The second kappa shape index (κ2) is 10.2. The van der Waals surface area contributed by atoms with Crippen molar-refractivity contribution in [2.45, 2.75) is 65.7 Å². The molecule has 0 saturated carbocycles. The first kappa shape index (κ1) is 19.4. The maximum absolute atomic E-state index is 11.6. The number of nitrogens with one attached hydrogen (secondary N) is 2. The molecule has 0 aromatic rings. The van der Waals surface area contributed by atoms with E-state index < -0.39 is 17.9 Å². The molecule has 0 bridgehead atoms. The number of carbonyl (C=O) groups is 3. The van der Waals surface area contributed by atoms with Crippen LogP contribution < -0.4 is 10.6 Å². The molecule has 0 aromatic carbocycles. The molecule has 6 nitrogen and oxygen atoms in total. The van der Waals surface area contributed by atoms with Crippen LogP contribution in [0.4, 0.5) is 4.79 Å². The third kappa shape index (κ3) is 11.9. The molecule has 6 heteroatoms. The Morgan fingerprint density at radius 3 is 2.29 bits per heavy atom. The van der Waals surface area contributed by atoms with Crippen LogP contribution in [0, 0.1) is 5.41 Å². The van der Waals surface area contributed by atoms with Gasteiger partial charge in [-0.25, -0.2) is 4.79 Å². The summed E-state index contributed by atoms with van der Waals surface area (Å²) in [4.78, 5) is 33.3. The van der Waals surface area contributed by atoms with Crippen LogP contribution in [0.5, 0.6) is 0 Å². The summed E-state index contributed by atoms with van der Waals surface area (Å²) in [5.41, 5.74) is -0.00113. The van der Waals surface area contributed by atoms with Gasteiger partial charge in [-0.3, -0.25) is 14.9 Å². The normalized spacial score (nSPS) is 11.0. The summed E-state index contributed by atoms with van der Waals surface area (Å²) < 4.78 is 0. The van der Waals surface area contributed by atoms with Crippen molar-refractivity contribution in [3.63, 3.8) is 0 Å². The minimum absolute atomic E-state index is 0.00113. The molecule has 0 aromatic heterocycles. The molecule has 0 heterocycles. The Morgan fingerprint density at radius 1 is 1.05 bits per heavy atom. The predicted octanol–water partition coefficient (Wildman–Crippen LogP) is 2.67. The van der Waals surface area contributed by atoms with Crippen molar-refractivity contribution in [2.24, 2.45) is 5.41 Å². The first-order chi connectivity index (χ1) is 9.76. The summed E-state index contributed by atoms with van der Waals surface area (Å²) in [6.07, 6.45) is 4.69. The van der Waals surface area contributed by atoms with E-state index in [1.54, 1.807) is 0 Å². The molecule has 3 N–H and O–H groups in total. The molecule has 0 aliphatic rings. The maximum atomic E-state index is 11.6. The van der Waals surface area contributed by atoms with Crippen LogP contribution >= 0.6 is 0 Å². The van der Waals surface area contributed by atoms with Crippen molar-refractivity contribution in [2.75, 3.05) is 6.54 Å². The standard InChI is InChI=1S/C15H28N2O4/c1-4-5-6-10-15(2,3)11-16-14(21)17-12(18)8-7-9-13(19)20/h4-11H2,1-3H3,(H,19,20)(H2,16,17,18,21). The Balaban J connectivity index is 3.87. The first-order valence-corrected chi connectivity index (χ1v) is 7.56. The van der Waals surface area contributed by atoms with Gasteiger partial charge in [0.2, 0.25) is 5.91 Å². The zero-order valence-electron chi connectivity index (χ0n) is 13.3. The molecule has 3 amide bonds. The number of imide groups is 1. The summed E-state index contributed by atoms with van der Waals surface area (Å²) in [7, 11) is 0. The minimum atomic E-state index is -0.943. The van der Waals surface area contributed by atoms with Gasteiger partial charge in [0.1, 0.15) is 0 Å². The van der Waals surface area contributed by atoms with Gasteiger partial charge >= 0.3 is 12.0 Å². The summed E-state index contributed by atoms with van der Waals surface area (Å²) >= 11 is 0. The fraction of sp³-hybridized carbons (Fsp3) is 0.800. The van der Waals surface area contributed by atoms with Gasteiger partial charge in [0.15, 0.2) is 0 Å². The molecule has 0 unspecified atom stereocenters. The molecule has 0 saturated heterocycles. The zero-order valence-corrected chi connectivity index (χ0v) is 13.3. The fourth-order valence-electron chi connectivity index (χ4n) is 1.89. The molecule has 0 aliphatic heterocycles. The van der Waals surface area contributed by atoms with Gasteiger partial charge in [0, 0.05) is 19.4 Å². The van der Waals surface area contributed by atoms with Crippen LogP contribution in [0.15, 0.2) is 0 Å². The number of hydrogen-bond acceptors (Lipinski definition) is 3. The van der Waals surface area contributed by atoms with Crippen LogP contribution in [-0.4, -0.2) is 29.6 Å². The molecule has 0 radical (unpaired) electrons. The molecule has 0 spiro atoms. The van der Waals surface area contributed by atoms with Crippen LogP contribution in [0.1, 0.15) is 65.7 Å². The third-order valence-electron chi connectivity index (χ3n) is 3.23. The molecule has 21 heavy (non-hydrogen) atoms. The van der Waals surface area contributed by atoms with Crippen LogP contribution in [0.2, 0.25) is 0 Å². The lowest BCUT2D eigenvalue weighted by Gasteiger charge is -2.24. The number of carboxylic acid groups (broad SMARTS) is 1. The maximum Gasteiger partial charge on any atom is 0.321 e. The van der Waals surface area contributed by atoms with Gasteiger partial charge < -0.3 is 10.4 Å². The van der Waals surface area contributed by atoms with E-state index >= 15 is 0 Å². The van der Waals surface area contributed by atoms with Crippen molar-refractivity contribution < 1.29 is 19.5 Å². The van der Waals surface area contributed by atoms with Crippen molar-refractivity contribution in [3.05, 3.63) is 0 Å². The van der Waals surface area contributed by atoms with Gasteiger partial charge in [-0.05, 0) is 18.3 Å². The Bertz CT molecular complexity index is 354. The van der Waals surface area contributed by atoms with Gasteiger partial charge in [0.05, 0.1) is 0 Å². The summed E-state index contributed by atoms with van der Waals surface area (Å²) in [6.45, 7) is 6.81. The van der Waals surface area contributed by atoms with Crippen LogP contribution in [0.3, 0.4) is 0 Å². The lowest BCUT2D eigenvalue weighted by atomic mass is 9.87. The molecule has 0 fully saturated rings. The summed E-state index contributed by atoms with van der Waals surface area (Å²) in [6, 6.07) is -0.515. The number of rotatable bonds is 10. The Hall–Kier alpha value is -1.59. The highest BCUT2D eigenvalue weighted by molar-refractivity contribution is 5.94. The van der Waals surface area contributed by atoms with E-state index in [9.17, 15) is 14.4 Å². The largest absolute Gasteiger partial charge is 0.481 e. The number of amides is 3. The molecule has 0 atom stereocenters. The van der Waals surface area contributed by atoms with E-state index in [-0.39, 0.29) is 24.7 Å². The number of hydrogen-bond donors (Lipinski definition) is 3. The van der Waals surface area contributed by atoms with E-state index in [1.807, 2.05) is 0 Å². The van der Waals surface area contributed by atoms with Crippen molar-refractivity contribution in [1.82, 2.24) is 10.6 Å². The first-order valence-electron chi connectivity index (χ1n) is 7.56. The van der Waals surface area contributed by atoms with E-state index in [0.29, 0.717) is 6.54 Å². The van der Waals surface area contributed by atoms with Crippen LogP contribution in [-0.2, 0) is 9.59 Å². The monoisotopic (exact) mass is 300 g/mol. The Labute approximate surface area is 126 Å².